The van der Waals surface area contributed by atoms with Crippen LogP contribution in [-0.4, -0.2) is 42.8 Å². The summed E-state index contributed by atoms with van der Waals surface area (Å²) in [6.07, 6.45) is -4.32. The SMILES string of the molecule is CC(C)(CO)[C@H](c1ccc(C(F)(F)F)cc1)N1CCNCC1. The second-order valence-corrected chi connectivity index (χ2v) is 6.45. The Labute approximate surface area is 129 Å². The normalized spacial score (nSPS) is 19.2. The molecule has 6 heteroatoms. The maximum absolute atomic E-state index is 12.7. The molecule has 0 radical (unpaired) electrons. The Morgan fingerprint density at radius 2 is 1.68 bits per heavy atom. The van der Waals surface area contributed by atoms with Crippen LogP contribution in [-0.2, 0) is 6.18 Å². The smallest absolute Gasteiger partial charge is 0.396 e. The van der Waals surface area contributed by atoms with Crippen molar-refractivity contribution in [3.05, 3.63) is 35.4 Å². The Kier molecular flexibility index (Phi) is 5.14. The maximum atomic E-state index is 12.7. The molecule has 1 heterocycles. The zero-order valence-corrected chi connectivity index (χ0v) is 13.0. The van der Waals surface area contributed by atoms with E-state index in [1.54, 1.807) is 0 Å². The van der Waals surface area contributed by atoms with Crippen molar-refractivity contribution >= 4 is 0 Å². The van der Waals surface area contributed by atoms with Gasteiger partial charge in [0.05, 0.1) is 5.56 Å². The van der Waals surface area contributed by atoms with Gasteiger partial charge in [0.2, 0.25) is 0 Å². The molecule has 124 valence electrons. The summed E-state index contributed by atoms with van der Waals surface area (Å²) >= 11 is 0. The lowest BCUT2D eigenvalue weighted by Crippen LogP contribution is -2.49. The highest BCUT2D eigenvalue weighted by molar-refractivity contribution is 5.28. The topological polar surface area (TPSA) is 35.5 Å². The zero-order chi connectivity index (χ0) is 16.4. The number of halogens is 3. The molecule has 0 aromatic heterocycles. The van der Waals surface area contributed by atoms with Crippen molar-refractivity contribution in [2.24, 2.45) is 5.41 Å². The fourth-order valence-corrected chi connectivity index (χ4v) is 3.04. The molecule has 1 aromatic rings. The Balaban J connectivity index is 2.32. The summed E-state index contributed by atoms with van der Waals surface area (Å²) in [6, 6.07) is 5.21. The van der Waals surface area contributed by atoms with Gasteiger partial charge in [0.25, 0.3) is 0 Å². The Morgan fingerprint density at radius 3 is 2.14 bits per heavy atom. The lowest BCUT2D eigenvalue weighted by atomic mass is 9.79. The van der Waals surface area contributed by atoms with Crippen molar-refractivity contribution in [1.82, 2.24) is 10.2 Å². The van der Waals surface area contributed by atoms with E-state index in [-0.39, 0.29) is 12.6 Å². The van der Waals surface area contributed by atoms with Crippen LogP contribution in [0.5, 0.6) is 0 Å². The van der Waals surface area contributed by atoms with E-state index >= 15 is 0 Å². The number of nitrogens with zero attached hydrogens (tertiary/aromatic N) is 1. The largest absolute Gasteiger partial charge is 0.416 e. The molecule has 0 amide bonds. The van der Waals surface area contributed by atoms with Crippen molar-refractivity contribution in [1.29, 1.82) is 0 Å². The highest BCUT2D eigenvalue weighted by Gasteiger charge is 2.36. The molecule has 0 aliphatic carbocycles. The second-order valence-electron chi connectivity index (χ2n) is 6.45. The highest BCUT2D eigenvalue weighted by atomic mass is 19.4. The van der Waals surface area contributed by atoms with Gasteiger partial charge in [0, 0.05) is 44.2 Å². The van der Waals surface area contributed by atoms with Crippen molar-refractivity contribution in [2.75, 3.05) is 32.8 Å². The number of hydrogen-bond acceptors (Lipinski definition) is 3. The molecule has 1 aliphatic rings. The molecular weight excluding hydrogens is 293 g/mol. The lowest BCUT2D eigenvalue weighted by Gasteiger charge is -2.43. The minimum Gasteiger partial charge on any atom is -0.396 e. The van der Waals surface area contributed by atoms with E-state index in [0.717, 1.165) is 43.9 Å². The van der Waals surface area contributed by atoms with Crippen LogP contribution in [0.1, 0.15) is 31.0 Å². The molecule has 1 fully saturated rings. The first-order chi connectivity index (χ1) is 10.3. The van der Waals surface area contributed by atoms with E-state index < -0.39 is 17.2 Å². The first-order valence-electron chi connectivity index (χ1n) is 7.48. The van der Waals surface area contributed by atoms with Crippen LogP contribution >= 0.6 is 0 Å². The average Bonchev–Trinajstić information content (AvgIpc) is 2.48. The molecule has 3 nitrogen and oxygen atoms in total. The minimum atomic E-state index is -4.32. The van der Waals surface area contributed by atoms with Crippen molar-refractivity contribution < 1.29 is 18.3 Å². The summed E-state index contributed by atoms with van der Waals surface area (Å²) in [5.74, 6) is 0. The average molecular weight is 316 g/mol. The van der Waals surface area contributed by atoms with Crippen LogP contribution in [0.15, 0.2) is 24.3 Å². The summed E-state index contributed by atoms with van der Waals surface area (Å²) in [6.45, 7) is 7.18. The number of rotatable bonds is 4. The second kappa shape index (κ2) is 6.56. The van der Waals surface area contributed by atoms with Crippen molar-refractivity contribution in [3.63, 3.8) is 0 Å². The van der Waals surface area contributed by atoms with Gasteiger partial charge < -0.3 is 10.4 Å². The van der Waals surface area contributed by atoms with Crippen molar-refractivity contribution in [2.45, 2.75) is 26.1 Å². The first kappa shape index (κ1) is 17.2. The molecule has 2 rings (SSSR count). The summed E-state index contributed by atoms with van der Waals surface area (Å²) in [5, 5.41) is 13.0. The number of nitrogens with one attached hydrogen (secondary N) is 1. The van der Waals surface area contributed by atoms with Crippen LogP contribution in [0.4, 0.5) is 13.2 Å². The number of benzene rings is 1. The van der Waals surface area contributed by atoms with Crippen LogP contribution in [0.3, 0.4) is 0 Å². The van der Waals surface area contributed by atoms with Crippen LogP contribution in [0, 0.1) is 5.41 Å². The number of piperazine rings is 1. The first-order valence-corrected chi connectivity index (χ1v) is 7.48. The van der Waals surface area contributed by atoms with Gasteiger partial charge in [-0.1, -0.05) is 26.0 Å². The number of hydrogen-bond donors (Lipinski definition) is 2. The molecule has 1 aromatic carbocycles. The van der Waals surface area contributed by atoms with Crippen molar-refractivity contribution in [3.8, 4) is 0 Å². The van der Waals surface area contributed by atoms with E-state index in [4.69, 9.17) is 0 Å². The van der Waals surface area contributed by atoms with Gasteiger partial charge in [-0.2, -0.15) is 13.2 Å². The monoisotopic (exact) mass is 316 g/mol. The third-order valence-electron chi connectivity index (χ3n) is 4.22. The Morgan fingerprint density at radius 1 is 1.14 bits per heavy atom. The van der Waals surface area contributed by atoms with Gasteiger partial charge >= 0.3 is 6.18 Å². The molecule has 0 bridgehead atoms. The number of alkyl halides is 3. The van der Waals surface area contributed by atoms with E-state index in [1.807, 2.05) is 13.8 Å². The summed E-state index contributed by atoms with van der Waals surface area (Å²) < 4.78 is 38.2. The lowest BCUT2D eigenvalue weighted by molar-refractivity contribution is -0.137. The Bertz CT molecular complexity index is 479. The summed E-state index contributed by atoms with van der Waals surface area (Å²) in [5.41, 5.74) is -0.261. The van der Waals surface area contributed by atoms with Gasteiger partial charge in [-0.15, -0.1) is 0 Å². The Hall–Kier alpha value is -1.11. The van der Waals surface area contributed by atoms with Crippen LogP contribution in [0.25, 0.3) is 0 Å². The molecule has 1 saturated heterocycles. The molecule has 22 heavy (non-hydrogen) atoms. The van der Waals surface area contributed by atoms with Gasteiger partial charge in [0.1, 0.15) is 0 Å². The third-order valence-corrected chi connectivity index (χ3v) is 4.22. The third kappa shape index (κ3) is 3.80. The minimum absolute atomic E-state index is 0.0252. The van der Waals surface area contributed by atoms with Gasteiger partial charge in [-0.3, -0.25) is 4.90 Å². The van der Waals surface area contributed by atoms with Gasteiger partial charge in [-0.05, 0) is 17.7 Å². The van der Waals surface area contributed by atoms with Crippen LogP contribution in [0.2, 0.25) is 0 Å². The molecule has 1 atom stereocenters. The van der Waals surface area contributed by atoms with Gasteiger partial charge in [-0.25, -0.2) is 0 Å². The highest BCUT2D eigenvalue weighted by Crippen LogP contribution is 2.39. The number of aliphatic hydroxyl groups is 1. The molecular formula is C16H23F3N2O. The van der Waals surface area contributed by atoms with E-state index in [9.17, 15) is 18.3 Å². The molecule has 0 saturated carbocycles. The fourth-order valence-electron chi connectivity index (χ4n) is 3.04. The molecule has 0 unspecified atom stereocenters. The molecule has 1 aliphatic heterocycles. The molecule has 2 N–H and O–H groups in total. The predicted octanol–water partition coefficient (Wildman–Crippen LogP) is 2.67. The fraction of sp³-hybridized carbons (Fsp3) is 0.625. The van der Waals surface area contributed by atoms with E-state index in [0.29, 0.717) is 0 Å². The zero-order valence-electron chi connectivity index (χ0n) is 13.0. The maximum Gasteiger partial charge on any atom is 0.416 e. The van der Waals surface area contributed by atoms with Crippen LogP contribution < -0.4 is 5.32 Å². The number of aliphatic hydroxyl groups excluding tert-OH is 1. The molecule has 0 spiro atoms. The van der Waals surface area contributed by atoms with E-state index in [2.05, 4.69) is 10.2 Å². The quantitative estimate of drug-likeness (QED) is 0.896. The predicted molar refractivity (Wildman–Crippen MR) is 79.5 cm³/mol. The summed E-state index contributed by atoms with van der Waals surface area (Å²) in [7, 11) is 0. The van der Waals surface area contributed by atoms with Gasteiger partial charge in [0.15, 0.2) is 0 Å². The summed E-state index contributed by atoms with van der Waals surface area (Å²) in [4.78, 5) is 2.23. The van der Waals surface area contributed by atoms with E-state index in [1.165, 1.54) is 12.1 Å². The standard InChI is InChI=1S/C16H23F3N2O/c1-15(2,11-22)14(21-9-7-20-8-10-21)12-3-5-13(6-4-12)16(17,18)19/h3-6,14,20,22H,7-11H2,1-2H3/t14-/m0/s1.